The quantitative estimate of drug-likeness (QED) is 0.490. The second kappa shape index (κ2) is 5.78. The van der Waals surface area contributed by atoms with Crippen LogP contribution >= 0.6 is 0 Å². The fraction of sp³-hybridized carbons (Fsp3) is 0.368. The highest BCUT2D eigenvalue weighted by Crippen LogP contribution is 2.40. The second-order valence-corrected chi connectivity index (χ2v) is 11.9. The Morgan fingerprint density at radius 2 is 1.67 bits per heavy atom. The maximum Gasteiger partial charge on any atom is 0.193 e. The van der Waals surface area contributed by atoms with E-state index in [-0.39, 0.29) is 11.1 Å². The van der Waals surface area contributed by atoms with Crippen molar-refractivity contribution in [2.45, 2.75) is 45.0 Å². The van der Waals surface area contributed by atoms with Crippen LogP contribution in [0.25, 0.3) is 10.8 Å². The van der Waals surface area contributed by atoms with Crippen molar-refractivity contribution in [3.8, 4) is 0 Å². The van der Waals surface area contributed by atoms with E-state index < -0.39 is 8.32 Å². The van der Waals surface area contributed by atoms with E-state index >= 15 is 0 Å². The lowest BCUT2D eigenvalue weighted by Gasteiger charge is -2.38. The number of hydrogen-bond donors (Lipinski definition) is 0. The molecule has 0 aliphatic rings. The maximum absolute atomic E-state index is 6.51. The molecule has 21 heavy (non-hydrogen) atoms. The first-order valence-electron chi connectivity index (χ1n) is 7.54. The minimum Gasteiger partial charge on any atom is -0.407 e. The maximum atomic E-state index is 6.51. The van der Waals surface area contributed by atoms with E-state index in [2.05, 4.69) is 82.9 Å². The van der Waals surface area contributed by atoms with Crippen LogP contribution in [0.2, 0.25) is 18.1 Å². The van der Waals surface area contributed by atoms with Crippen LogP contribution < -0.4 is 0 Å². The highest BCUT2D eigenvalue weighted by Gasteiger charge is 2.38. The van der Waals surface area contributed by atoms with E-state index in [9.17, 15) is 0 Å². The first-order chi connectivity index (χ1) is 9.74. The summed E-state index contributed by atoms with van der Waals surface area (Å²) in [5, 5.41) is 2.71. The van der Waals surface area contributed by atoms with Crippen molar-refractivity contribution in [1.82, 2.24) is 0 Å². The van der Waals surface area contributed by atoms with Gasteiger partial charge in [-0.15, -0.1) is 6.58 Å². The Labute approximate surface area is 129 Å². The monoisotopic (exact) mass is 298 g/mol. The average molecular weight is 299 g/mol. The number of hydrogen-bond acceptors (Lipinski definition) is 1. The van der Waals surface area contributed by atoms with Crippen molar-refractivity contribution >= 4 is 19.1 Å². The third kappa shape index (κ3) is 3.45. The second-order valence-electron chi connectivity index (χ2n) is 7.14. The van der Waals surface area contributed by atoms with Gasteiger partial charge < -0.3 is 4.43 Å². The fourth-order valence-electron chi connectivity index (χ4n) is 2.13. The molecule has 0 saturated carbocycles. The molecule has 2 aromatic rings. The normalized spacial score (nSPS) is 14.1. The van der Waals surface area contributed by atoms with Crippen molar-refractivity contribution in [1.29, 1.82) is 0 Å². The number of fused-ring (bicyclic) bond motifs is 1. The third-order valence-corrected chi connectivity index (χ3v) is 9.00. The third-order valence-electron chi connectivity index (χ3n) is 4.54. The summed E-state index contributed by atoms with van der Waals surface area (Å²) in [4.78, 5) is 0. The Morgan fingerprint density at radius 1 is 1.05 bits per heavy atom. The summed E-state index contributed by atoms with van der Waals surface area (Å²) in [5.74, 6) is 0. The van der Waals surface area contributed by atoms with Gasteiger partial charge in [0.25, 0.3) is 0 Å². The molecule has 2 aromatic carbocycles. The first kappa shape index (κ1) is 16.0. The average Bonchev–Trinajstić information content (AvgIpc) is 2.43. The van der Waals surface area contributed by atoms with Gasteiger partial charge in [-0.1, -0.05) is 63.2 Å². The van der Waals surface area contributed by atoms with Gasteiger partial charge in [0.15, 0.2) is 8.32 Å². The molecule has 0 heterocycles. The Morgan fingerprint density at radius 3 is 2.24 bits per heavy atom. The lowest BCUT2D eigenvalue weighted by atomic mass is 10.0. The Bertz CT molecular complexity index is 637. The largest absolute Gasteiger partial charge is 0.407 e. The van der Waals surface area contributed by atoms with E-state index in [0.29, 0.717) is 0 Å². The molecule has 0 spiro atoms. The predicted molar refractivity (Wildman–Crippen MR) is 95.2 cm³/mol. The Hall–Kier alpha value is -1.38. The topological polar surface area (TPSA) is 9.23 Å². The van der Waals surface area contributed by atoms with Crippen molar-refractivity contribution in [2.75, 3.05) is 0 Å². The fourth-order valence-corrected chi connectivity index (χ4v) is 3.35. The molecule has 1 unspecified atom stereocenters. The lowest BCUT2D eigenvalue weighted by molar-refractivity contribution is 0.230. The Balaban J connectivity index is 2.34. The summed E-state index contributed by atoms with van der Waals surface area (Å²) in [5.41, 5.74) is 1.19. The van der Waals surface area contributed by atoms with Crippen LogP contribution in [0.5, 0.6) is 0 Å². The van der Waals surface area contributed by atoms with Crippen molar-refractivity contribution in [2.24, 2.45) is 0 Å². The van der Waals surface area contributed by atoms with Crippen LogP contribution in [0.4, 0.5) is 0 Å². The van der Waals surface area contributed by atoms with Gasteiger partial charge in [0.1, 0.15) is 0 Å². The molecule has 112 valence electrons. The summed E-state index contributed by atoms with van der Waals surface area (Å²) < 4.78 is 6.51. The van der Waals surface area contributed by atoms with Crippen molar-refractivity contribution in [3.63, 3.8) is 0 Å². The van der Waals surface area contributed by atoms with Crippen molar-refractivity contribution in [3.05, 3.63) is 60.7 Å². The Kier molecular flexibility index (Phi) is 4.40. The zero-order chi connectivity index (χ0) is 15.7. The summed E-state index contributed by atoms with van der Waals surface area (Å²) in [7, 11) is -1.81. The smallest absolute Gasteiger partial charge is 0.193 e. The summed E-state index contributed by atoms with van der Waals surface area (Å²) >= 11 is 0. The molecule has 0 fully saturated rings. The van der Waals surface area contributed by atoms with Gasteiger partial charge in [-0.05, 0) is 40.5 Å². The minimum absolute atomic E-state index is 0.0319. The van der Waals surface area contributed by atoms with Crippen LogP contribution in [0.3, 0.4) is 0 Å². The molecular formula is C19H26OSi. The zero-order valence-corrected chi connectivity index (χ0v) is 14.8. The van der Waals surface area contributed by atoms with Crippen LogP contribution in [0.15, 0.2) is 55.1 Å². The number of rotatable bonds is 4. The van der Waals surface area contributed by atoms with Crippen molar-refractivity contribution < 1.29 is 4.43 Å². The van der Waals surface area contributed by atoms with E-state index in [1.807, 2.05) is 6.08 Å². The van der Waals surface area contributed by atoms with Crippen LogP contribution in [0, 0.1) is 0 Å². The molecular weight excluding hydrogens is 272 g/mol. The van der Waals surface area contributed by atoms with Crippen LogP contribution in [0.1, 0.15) is 32.4 Å². The molecule has 2 heteroatoms. The zero-order valence-electron chi connectivity index (χ0n) is 13.8. The minimum atomic E-state index is -1.81. The van der Waals surface area contributed by atoms with Gasteiger partial charge in [-0.2, -0.15) is 0 Å². The van der Waals surface area contributed by atoms with Gasteiger partial charge in [-0.3, -0.25) is 0 Å². The van der Waals surface area contributed by atoms with Gasteiger partial charge in [-0.25, -0.2) is 0 Å². The van der Waals surface area contributed by atoms with E-state index in [1.54, 1.807) is 0 Å². The number of benzene rings is 2. The molecule has 0 aromatic heterocycles. The molecule has 0 aliphatic carbocycles. The molecule has 0 amide bonds. The van der Waals surface area contributed by atoms with Gasteiger partial charge in [0, 0.05) is 0 Å². The molecule has 0 radical (unpaired) electrons. The summed E-state index contributed by atoms with van der Waals surface area (Å²) in [6.07, 6.45) is 1.89. The van der Waals surface area contributed by atoms with Gasteiger partial charge in [0.05, 0.1) is 6.10 Å². The molecule has 2 rings (SSSR count). The molecule has 0 saturated heterocycles. The first-order valence-corrected chi connectivity index (χ1v) is 10.4. The summed E-state index contributed by atoms with van der Waals surface area (Å²) in [6.45, 7) is 15.3. The SMILES string of the molecule is C=CC(O[Si](C)(C)C(C)(C)C)c1ccc2ccccc2c1. The van der Waals surface area contributed by atoms with Crippen LogP contribution in [-0.2, 0) is 4.43 Å². The predicted octanol–water partition coefficient (Wildman–Crippen LogP) is 6.09. The van der Waals surface area contributed by atoms with Crippen LogP contribution in [-0.4, -0.2) is 8.32 Å². The molecule has 0 bridgehead atoms. The van der Waals surface area contributed by atoms with E-state index in [4.69, 9.17) is 4.43 Å². The standard InChI is InChI=1S/C19H26OSi/c1-7-18(20-21(5,6)19(2,3)4)17-13-12-15-10-8-9-11-16(15)14-17/h7-14,18H,1H2,2-6H3. The molecule has 1 atom stereocenters. The summed E-state index contributed by atoms with van der Waals surface area (Å²) in [6, 6.07) is 15.0. The lowest BCUT2D eigenvalue weighted by Crippen LogP contribution is -2.41. The molecule has 1 nitrogen and oxygen atoms in total. The van der Waals surface area contributed by atoms with Gasteiger partial charge >= 0.3 is 0 Å². The highest BCUT2D eigenvalue weighted by molar-refractivity contribution is 6.74. The van der Waals surface area contributed by atoms with E-state index in [0.717, 1.165) is 0 Å². The highest BCUT2D eigenvalue weighted by atomic mass is 28.4. The molecule has 0 N–H and O–H groups in total. The van der Waals surface area contributed by atoms with Gasteiger partial charge in [0.2, 0.25) is 0 Å². The molecule has 0 aliphatic heterocycles. The van der Waals surface area contributed by atoms with E-state index in [1.165, 1.54) is 16.3 Å².